The molecule has 4 rings (SSSR count). The Labute approximate surface area is 163 Å². The highest BCUT2D eigenvalue weighted by atomic mass is 35.5. The van der Waals surface area contributed by atoms with E-state index >= 15 is 0 Å². The van der Waals surface area contributed by atoms with Crippen LogP contribution in [0.1, 0.15) is 10.5 Å². The normalized spacial score (nSPS) is 11.7. The number of halogens is 1. The van der Waals surface area contributed by atoms with Gasteiger partial charge in [-0.1, -0.05) is 41.9 Å². The fraction of sp³-hybridized carbons (Fsp3) is 0. The molecule has 0 saturated carbocycles. The van der Waals surface area contributed by atoms with Gasteiger partial charge in [0.1, 0.15) is 0 Å². The second-order valence-corrected chi connectivity index (χ2v) is 6.93. The van der Waals surface area contributed by atoms with E-state index in [4.69, 9.17) is 17.3 Å². The van der Waals surface area contributed by atoms with E-state index < -0.39 is 5.91 Å². The Morgan fingerprint density at radius 2 is 1.89 bits per heavy atom. The molecule has 27 heavy (non-hydrogen) atoms. The van der Waals surface area contributed by atoms with Gasteiger partial charge in [-0.05, 0) is 29.8 Å². The van der Waals surface area contributed by atoms with Crippen LogP contribution in [0.4, 0.5) is 5.82 Å². The number of nitrogens with two attached hydrogens (primary N) is 1. The summed E-state index contributed by atoms with van der Waals surface area (Å²) >= 11 is 7.47. The van der Waals surface area contributed by atoms with Gasteiger partial charge in [0.15, 0.2) is 16.3 Å². The van der Waals surface area contributed by atoms with Crippen molar-refractivity contribution < 1.29 is 4.79 Å². The van der Waals surface area contributed by atoms with Crippen LogP contribution >= 0.6 is 22.9 Å². The highest BCUT2D eigenvalue weighted by Gasteiger charge is 2.13. The maximum absolute atomic E-state index is 11.6. The molecule has 0 bridgehead atoms. The minimum atomic E-state index is -0.605. The number of primary amides is 1. The lowest BCUT2D eigenvalue weighted by Gasteiger charge is -2.09. The number of rotatable bonds is 4. The van der Waals surface area contributed by atoms with E-state index in [1.165, 1.54) is 17.7 Å². The van der Waals surface area contributed by atoms with Gasteiger partial charge in [-0.2, -0.15) is 4.99 Å². The number of aromatic amines is 1. The van der Waals surface area contributed by atoms with E-state index in [1.807, 2.05) is 64.5 Å². The van der Waals surface area contributed by atoms with Crippen LogP contribution in [0.2, 0.25) is 5.02 Å². The second-order valence-electron chi connectivity index (χ2n) is 5.66. The third-order valence-electron chi connectivity index (χ3n) is 3.93. The van der Waals surface area contributed by atoms with E-state index in [9.17, 15) is 4.79 Å². The number of nitrogens with zero attached hydrogens (tertiary/aromatic N) is 3. The summed E-state index contributed by atoms with van der Waals surface area (Å²) < 4.78 is 2.01. The topological polar surface area (TPSA) is 89.1 Å². The highest BCUT2D eigenvalue weighted by molar-refractivity contribution is 7.07. The van der Waals surface area contributed by atoms with Crippen molar-refractivity contribution >= 4 is 34.7 Å². The average Bonchev–Trinajstić information content (AvgIpc) is 3.31. The molecular weight excluding hydrogens is 382 g/mol. The third kappa shape index (κ3) is 3.42. The van der Waals surface area contributed by atoms with Crippen LogP contribution in [0.5, 0.6) is 0 Å². The van der Waals surface area contributed by atoms with Gasteiger partial charge in [-0.3, -0.25) is 9.36 Å². The Morgan fingerprint density at radius 1 is 1.15 bits per heavy atom. The minimum absolute atomic E-state index is 0.177. The van der Waals surface area contributed by atoms with E-state index in [0.717, 1.165) is 16.9 Å². The van der Waals surface area contributed by atoms with Crippen molar-refractivity contribution in [2.24, 2.45) is 10.7 Å². The second kappa shape index (κ2) is 7.22. The molecule has 4 aromatic rings. The summed E-state index contributed by atoms with van der Waals surface area (Å²) in [7, 11) is 0. The summed E-state index contributed by atoms with van der Waals surface area (Å²) in [5, 5.41) is 2.68. The number of para-hydroxylation sites is 1. The number of hydrogen-bond acceptors (Lipinski definition) is 4. The number of carbonyl (C=O) groups is 1. The van der Waals surface area contributed by atoms with Gasteiger partial charge in [0.05, 0.1) is 12.0 Å². The molecule has 0 saturated heterocycles. The molecule has 0 aliphatic carbocycles. The first kappa shape index (κ1) is 17.3. The first-order valence-corrected chi connectivity index (χ1v) is 9.29. The molecule has 0 aliphatic rings. The van der Waals surface area contributed by atoms with Gasteiger partial charge in [0.25, 0.3) is 5.91 Å². The Kier molecular flexibility index (Phi) is 4.62. The van der Waals surface area contributed by atoms with Crippen molar-refractivity contribution in [3.05, 3.63) is 81.8 Å². The van der Waals surface area contributed by atoms with E-state index in [2.05, 4.69) is 15.0 Å². The molecule has 3 N–H and O–H groups in total. The zero-order valence-corrected chi connectivity index (χ0v) is 15.5. The Balaban J connectivity index is 1.95. The molecule has 2 aromatic heterocycles. The zero-order chi connectivity index (χ0) is 18.8. The zero-order valence-electron chi connectivity index (χ0n) is 14.0. The van der Waals surface area contributed by atoms with Crippen LogP contribution in [0.25, 0.3) is 16.9 Å². The highest BCUT2D eigenvalue weighted by Crippen LogP contribution is 2.25. The molecule has 0 unspecified atom stereocenters. The van der Waals surface area contributed by atoms with Crippen molar-refractivity contribution in [2.45, 2.75) is 0 Å². The fourth-order valence-electron chi connectivity index (χ4n) is 2.68. The van der Waals surface area contributed by atoms with Gasteiger partial charge in [0.2, 0.25) is 0 Å². The molecule has 2 aromatic carbocycles. The lowest BCUT2D eigenvalue weighted by molar-refractivity contribution is 0.0997. The molecule has 2 heterocycles. The molecule has 0 fully saturated rings. The Morgan fingerprint density at radius 3 is 2.59 bits per heavy atom. The SMILES string of the molecule is NC(=O)c1[nH]cnc1N=c1scc(-c2ccc(Cl)cc2)n1-c1ccccc1. The summed E-state index contributed by atoms with van der Waals surface area (Å²) in [4.78, 5) is 23.6. The number of amides is 1. The van der Waals surface area contributed by atoms with E-state index in [-0.39, 0.29) is 11.5 Å². The third-order valence-corrected chi connectivity index (χ3v) is 5.01. The molecule has 0 atom stereocenters. The Bertz CT molecular complexity index is 1160. The predicted molar refractivity (Wildman–Crippen MR) is 106 cm³/mol. The van der Waals surface area contributed by atoms with Crippen molar-refractivity contribution in [3.8, 4) is 16.9 Å². The molecule has 0 radical (unpaired) electrons. The van der Waals surface area contributed by atoms with Crippen molar-refractivity contribution in [2.75, 3.05) is 0 Å². The van der Waals surface area contributed by atoms with Crippen molar-refractivity contribution in [1.29, 1.82) is 0 Å². The maximum atomic E-state index is 11.6. The summed E-state index contributed by atoms with van der Waals surface area (Å²) in [5.41, 5.74) is 8.46. The van der Waals surface area contributed by atoms with Gasteiger partial charge < -0.3 is 10.7 Å². The first-order valence-electron chi connectivity index (χ1n) is 8.03. The number of aromatic nitrogens is 3. The van der Waals surface area contributed by atoms with Crippen LogP contribution in [-0.2, 0) is 0 Å². The summed E-state index contributed by atoms with van der Waals surface area (Å²) in [6.45, 7) is 0. The number of thiazole rings is 1. The fourth-order valence-corrected chi connectivity index (χ4v) is 3.71. The number of carbonyl (C=O) groups excluding carboxylic acids is 1. The molecule has 0 aliphatic heterocycles. The van der Waals surface area contributed by atoms with E-state index in [1.54, 1.807) is 0 Å². The number of hydrogen-bond donors (Lipinski definition) is 2. The summed E-state index contributed by atoms with van der Waals surface area (Å²) in [6.07, 6.45) is 1.40. The molecule has 1 amide bonds. The number of H-pyrrole nitrogens is 1. The standard InChI is InChI=1S/C19H14ClN5OS/c20-13-8-6-12(7-9-13)15-10-27-19(25(15)14-4-2-1-3-5-14)24-18-16(17(21)26)22-11-23-18/h1-11H,(H2,21,26)(H,22,23). The summed E-state index contributed by atoms with van der Waals surface area (Å²) in [6, 6.07) is 17.5. The number of nitrogens with one attached hydrogen (secondary N) is 1. The molecule has 8 heteroatoms. The quantitative estimate of drug-likeness (QED) is 0.548. The lowest BCUT2D eigenvalue weighted by Crippen LogP contribution is -2.15. The number of benzene rings is 2. The van der Waals surface area contributed by atoms with Crippen LogP contribution in [0.3, 0.4) is 0 Å². The van der Waals surface area contributed by atoms with Crippen molar-refractivity contribution in [1.82, 2.24) is 14.5 Å². The van der Waals surface area contributed by atoms with Crippen molar-refractivity contribution in [3.63, 3.8) is 0 Å². The van der Waals surface area contributed by atoms with Crippen LogP contribution in [-0.4, -0.2) is 20.4 Å². The Hall–Kier alpha value is -3.16. The maximum Gasteiger partial charge on any atom is 0.269 e. The molecule has 6 nitrogen and oxygen atoms in total. The molecule has 134 valence electrons. The minimum Gasteiger partial charge on any atom is -0.364 e. The lowest BCUT2D eigenvalue weighted by atomic mass is 10.1. The van der Waals surface area contributed by atoms with Gasteiger partial charge in [-0.25, -0.2) is 4.98 Å². The molecule has 0 spiro atoms. The number of imidazole rings is 1. The average molecular weight is 396 g/mol. The van der Waals surface area contributed by atoms with Crippen LogP contribution in [0.15, 0.2) is 71.3 Å². The van der Waals surface area contributed by atoms with Crippen LogP contribution in [0, 0.1) is 0 Å². The summed E-state index contributed by atoms with van der Waals surface area (Å²) in [5.74, 6) is -0.344. The van der Waals surface area contributed by atoms with Gasteiger partial charge in [0, 0.05) is 16.1 Å². The molecular formula is C19H14ClN5OS. The monoisotopic (exact) mass is 395 g/mol. The smallest absolute Gasteiger partial charge is 0.269 e. The van der Waals surface area contributed by atoms with Gasteiger partial charge >= 0.3 is 0 Å². The van der Waals surface area contributed by atoms with Crippen LogP contribution < -0.4 is 10.5 Å². The van der Waals surface area contributed by atoms with Gasteiger partial charge in [-0.15, -0.1) is 11.3 Å². The predicted octanol–water partition coefficient (Wildman–Crippen LogP) is 3.91. The largest absolute Gasteiger partial charge is 0.364 e. The first-order chi connectivity index (χ1) is 13.1. The van der Waals surface area contributed by atoms with E-state index in [0.29, 0.717) is 9.82 Å².